The molecule has 0 aliphatic heterocycles. The maximum absolute atomic E-state index is 2.55. The van der Waals surface area contributed by atoms with Crippen LogP contribution in [0.25, 0.3) is 6.08 Å². The Bertz CT molecular complexity index is 794. The van der Waals surface area contributed by atoms with Crippen molar-refractivity contribution >= 4 is 6.08 Å². The van der Waals surface area contributed by atoms with Crippen LogP contribution in [0.4, 0.5) is 0 Å². The van der Waals surface area contributed by atoms with Crippen LogP contribution < -0.4 is 0 Å². The van der Waals surface area contributed by atoms with Crippen molar-refractivity contribution in [3.05, 3.63) is 61.5 Å². The van der Waals surface area contributed by atoms with Crippen LogP contribution in [0.2, 0.25) is 0 Å². The molecule has 1 aromatic carbocycles. The summed E-state index contributed by atoms with van der Waals surface area (Å²) in [6.07, 6.45) is 4.93. The van der Waals surface area contributed by atoms with Gasteiger partial charge in [-0.3, -0.25) is 0 Å². The summed E-state index contributed by atoms with van der Waals surface area (Å²) in [5.74, 6) is 0. The first-order valence-electron chi connectivity index (χ1n) is 9.26. The van der Waals surface area contributed by atoms with E-state index in [-0.39, 0.29) is 8.54 Å². The van der Waals surface area contributed by atoms with E-state index < -0.39 is 23.2 Å². The number of hydrogen-bond donors (Lipinski definition) is 0. The van der Waals surface area contributed by atoms with Crippen molar-refractivity contribution in [3.63, 3.8) is 0 Å². The van der Waals surface area contributed by atoms with E-state index in [1.165, 1.54) is 11.1 Å². The van der Waals surface area contributed by atoms with Crippen LogP contribution in [0, 0.1) is 5.41 Å². The van der Waals surface area contributed by atoms with Gasteiger partial charge in [0, 0.05) is 0 Å². The summed E-state index contributed by atoms with van der Waals surface area (Å²) in [5, 5.41) is 0. The Balaban J connectivity index is 2.14. The quantitative estimate of drug-likeness (QED) is 0.623. The topological polar surface area (TPSA) is 3.24 Å². The van der Waals surface area contributed by atoms with E-state index in [0.29, 0.717) is 6.04 Å². The molecule has 0 spiro atoms. The number of rotatable bonds is 4. The molecule has 0 saturated heterocycles. The molecule has 2 aliphatic rings. The fraction of sp³-hybridized carbons (Fsp3) is 0.478. The molecule has 2 aliphatic carbocycles. The maximum atomic E-state index is 2.55. The average Bonchev–Trinajstić information content (AvgIpc) is 3.02. The van der Waals surface area contributed by atoms with E-state index in [2.05, 4.69) is 97.0 Å². The number of hydrogen-bond acceptors (Lipinski definition) is 1. The van der Waals surface area contributed by atoms with E-state index >= 15 is 0 Å². The van der Waals surface area contributed by atoms with E-state index in [4.69, 9.17) is 0 Å². The number of allylic oxidation sites excluding steroid dienone is 4. The fourth-order valence-corrected chi connectivity index (χ4v) is 9.98. The van der Waals surface area contributed by atoms with Gasteiger partial charge in [0.1, 0.15) is 0 Å². The van der Waals surface area contributed by atoms with Crippen molar-refractivity contribution in [2.24, 2.45) is 5.41 Å². The molecule has 0 saturated carbocycles. The third-order valence-corrected chi connectivity index (χ3v) is 12.9. The van der Waals surface area contributed by atoms with Crippen LogP contribution in [-0.4, -0.2) is 25.0 Å². The Hall–Kier alpha value is -0.717. The first-order valence-corrected chi connectivity index (χ1v) is 11.7. The van der Waals surface area contributed by atoms with Crippen molar-refractivity contribution in [1.29, 1.82) is 0 Å². The molecule has 0 radical (unpaired) electrons. The Morgan fingerprint density at radius 2 is 1.64 bits per heavy atom. The van der Waals surface area contributed by atoms with E-state index in [9.17, 15) is 0 Å². The standard InChI is InChI=1S/C13H16N.C10H15.Zr/c1-10(14(2)3)12-9-8-11-6-4-5-7-13(11)12;1-7-6-10(4,5)9(3)8(7)2;/h4-10H,1-3H3;1-5H3;. The van der Waals surface area contributed by atoms with Gasteiger partial charge in [-0.1, -0.05) is 0 Å². The van der Waals surface area contributed by atoms with Gasteiger partial charge in [-0.15, -0.1) is 0 Å². The molecular weight excluding hydrogens is 381 g/mol. The van der Waals surface area contributed by atoms with Gasteiger partial charge in [0.25, 0.3) is 0 Å². The zero-order valence-corrected chi connectivity index (χ0v) is 19.4. The van der Waals surface area contributed by atoms with Gasteiger partial charge in [0.2, 0.25) is 0 Å². The fourth-order valence-electron chi connectivity index (χ4n) is 4.37. The molecule has 2 heteroatoms. The molecule has 0 amide bonds. The third kappa shape index (κ3) is 2.81. The van der Waals surface area contributed by atoms with Crippen molar-refractivity contribution in [3.8, 4) is 0 Å². The first-order chi connectivity index (χ1) is 11.6. The normalized spacial score (nSPS) is 25.8. The van der Waals surface area contributed by atoms with E-state index in [1.54, 1.807) is 20.0 Å². The molecule has 0 heterocycles. The van der Waals surface area contributed by atoms with Crippen LogP contribution in [0.5, 0.6) is 0 Å². The molecule has 132 valence electrons. The van der Waals surface area contributed by atoms with E-state index in [1.807, 2.05) is 0 Å². The predicted octanol–water partition coefficient (Wildman–Crippen LogP) is 5.59. The molecule has 0 fully saturated rings. The summed E-state index contributed by atoms with van der Waals surface area (Å²) >= 11 is -0.914. The Labute approximate surface area is 165 Å². The number of likely N-dealkylation sites (N-methyl/N-ethyl adjacent to an activating group) is 1. The third-order valence-electron chi connectivity index (χ3n) is 6.76. The van der Waals surface area contributed by atoms with Crippen molar-refractivity contribution in [1.82, 2.24) is 4.90 Å². The number of fused-ring (bicyclic) bond motifs is 1. The van der Waals surface area contributed by atoms with Crippen LogP contribution in [0.15, 0.2) is 50.3 Å². The van der Waals surface area contributed by atoms with Gasteiger partial charge in [-0.25, -0.2) is 0 Å². The summed E-state index contributed by atoms with van der Waals surface area (Å²) in [6, 6.07) is 9.56. The summed E-state index contributed by atoms with van der Waals surface area (Å²) in [6.45, 7) is 14.3. The summed E-state index contributed by atoms with van der Waals surface area (Å²) in [7, 11) is 4.47. The summed E-state index contributed by atoms with van der Waals surface area (Å²) < 4.78 is 1.99. The first kappa shape index (κ1) is 19.1. The molecular formula is C23H31NZr. The van der Waals surface area contributed by atoms with E-state index in [0.717, 1.165) is 0 Å². The minimum absolute atomic E-state index is 0.211. The molecule has 3 rings (SSSR count). The molecule has 2 unspecified atom stereocenters. The van der Waals surface area contributed by atoms with Gasteiger partial charge < -0.3 is 0 Å². The minimum atomic E-state index is -0.914. The molecule has 0 aromatic heterocycles. The molecule has 0 bridgehead atoms. The molecule has 2 atom stereocenters. The SMILES string of the molecule is CC1=C(C)C(C)(C)[C]([Zr][C]2(C(C)N(C)C)C=Cc3ccccc32)=C1C. The van der Waals surface area contributed by atoms with Crippen LogP contribution in [0.1, 0.15) is 52.7 Å². The van der Waals surface area contributed by atoms with Gasteiger partial charge in [-0.05, 0) is 0 Å². The predicted molar refractivity (Wildman–Crippen MR) is 105 cm³/mol. The van der Waals surface area contributed by atoms with Gasteiger partial charge in [-0.2, -0.15) is 0 Å². The zero-order valence-electron chi connectivity index (χ0n) is 17.0. The van der Waals surface area contributed by atoms with Crippen molar-refractivity contribution < 1.29 is 23.2 Å². The summed E-state index contributed by atoms with van der Waals surface area (Å²) in [4.78, 5) is 2.41. The Morgan fingerprint density at radius 1 is 1.00 bits per heavy atom. The number of nitrogens with zero attached hydrogens (tertiary/aromatic N) is 1. The van der Waals surface area contributed by atoms with Crippen molar-refractivity contribution in [2.75, 3.05) is 14.1 Å². The molecule has 25 heavy (non-hydrogen) atoms. The van der Waals surface area contributed by atoms with Crippen LogP contribution in [-0.2, 0) is 26.4 Å². The Kier molecular flexibility index (Phi) is 4.93. The second-order valence-corrected chi connectivity index (χ2v) is 12.3. The molecule has 1 nitrogen and oxygen atoms in total. The second-order valence-electron chi connectivity index (χ2n) is 8.43. The average molecular weight is 413 g/mol. The van der Waals surface area contributed by atoms with Crippen LogP contribution in [0.3, 0.4) is 0 Å². The van der Waals surface area contributed by atoms with Crippen LogP contribution >= 0.6 is 0 Å². The monoisotopic (exact) mass is 411 g/mol. The van der Waals surface area contributed by atoms with Gasteiger partial charge >= 0.3 is 166 Å². The van der Waals surface area contributed by atoms with Gasteiger partial charge in [0.05, 0.1) is 0 Å². The molecule has 0 N–H and O–H groups in total. The number of benzene rings is 1. The molecule has 1 aromatic rings. The summed E-state index contributed by atoms with van der Waals surface area (Å²) in [5.41, 5.74) is 7.89. The van der Waals surface area contributed by atoms with Crippen molar-refractivity contribution in [2.45, 2.75) is 50.7 Å². The zero-order chi connectivity index (χ0) is 18.6. The Morgan fingerprint density at radius 3 is 2.20 bits per heavy atom. The van der Waals surface area contributed by atoms with Gasteiger partial charge in [0.15, 0.2) is 0 Å². The second kappa shape index (κ2) is 6.47.